The van der Waals surface area contributed by atoms with Crippen molar-refractivity contribution in [2.75, 3.05) is 13.1 Å². The van der Waals surface area contributed by atoms with E-state index in [9.17, 15) is 4.79 Å². The van der Waals surface area contributed by atoms with Crippen LogP contribution in [0.15, 0.2) is 5.11 Å². The van der Waals surface area contributed by atoms with Crippen molar-refractivity contribution in [2.24, 2.45) is 16.4 Å². The molecule has 2 saturated heterocycles. The Kier molecular flexibility index (Phi) is 2.92. The second kappa shape index (κ2) is 4.44. The summed E-state index contributed by atoms with van der Waals surface area (Å²) < 4.78 is 5.40. The smallest absolute Gasteiger partial charge is 0.306 e. The first-order valence-corrected chi connectivity index (χ1v) is 6.68. The maximum Gasteiger partial charge on any atom is 0.306 e. The fourth-order valence-corrected chi connectivity index (χ4v) is 3.97. The highest BCUT2D eigenvalue weighted by molar-refractivity contribution is 5.73. The van der Waals surface area contributed by atoms with Crippen LogP contribution in [0.4, 0.5) is 0 Å². The second-order valence-electron chi connectivity index (χ2n) is 5.74. The lowest BCUT2D eigenvalue weighted by Crippen LogP contribution is -2.57. The highest BCUT2D eigenvalue weighted by atomic mass is 16.6. The molecule has 3 rings (SSSR count). The standard InChI is InChI=1S/C12H18N4O2/c13-16-15-7-10-12(6-11(17)18-10)3-1-8-2-4-14-9(12)5-8/h8-10,14H,1-7H2. The first kappa shape index (κ1) is 11.8. The van der Waals surface area contributed by atoms with E-state index in [1.165, 1.54) is 12.8 Å². The molecule has 0 radical (unpaired) electrons. The van der Waals surface area contributed by atoms with E-state index in [0.717, 1.165) is 25.3 Å². The van der Waals surface area contributed by atoms with Crippen molar-refractivity contribution >= 4 is 5.97 Å². The molecule has 6 nitrogen and oxygen atoms in total. The molecular weight excluding hydrogens is 232 g/mol. The molecule has 1 saturated carbocycles. The number of cyclic esters (lactones) is 1. The van der Waals surface area contributed by atoms with E-state index in [0.29, 0.717) is 12.5 Å². The van der Waals surface area contributed by atoms with Crippen LogP contribution >= 0.6 is 0 Å². The lowest BCUT2D eigenvalue weighted by molar-refractivity contribution is -0.141. The highest BCUT2D eigenvalue weighted by Gasteiger charge is 2.56. The average molecular weight is 250 g/mol. The van der Waals surface area contributed by atoms with E-state index in [-0.39, 0.29) is 24.0 Å². The normalized spacial score (nSPS) is 42.4. The van der Waals surface area contributed by atoms with Crippen LogP contribution in [0.3, 0.4) is 0 Å². The van der Waals surface area contributed by atoms with Crippen molar-refractivity contribution in [1.82, 2.24) is 5.32 Å². The van der Waals surface area contributed by atoms with Gasteiger partial charge in [-0.3, -0.25) is 4.79 Å². The van der Waals surface area contributed by atoms with Crippen molar-refractivity contribution in [3.8, 4) is 0 Å². The predicted octanol–water partition coefficient (Wildman–Crippen LogP) is 1.76. The van der Waals surface area contributed by atoms with Gasteiger partial charge in [0.15, 0.2) is 0 Å². The van der Waals surface area contributed by atoms with Crippen LogP contribution in [0.1, 0.15) is 32.1 Å². The lowest BCUT2D eigenvalue weighted by atomic mass is 9.61. The summed E-state index contributed by atoms with van der Waals surface area (Å²) in [6, 6.07) is 0.343. The molecule has 2 heterocycles. The molecule has 1 aliphatic carbocycles. The topological polar surface area (TPSA) is 87.1 Å². The van der Waals surface area contributed by atoms with Crippen molar-refractivity contribution in [3.63, 3.8) is 0 Å². The number of nitrogens with zero attached hydrogens (tertiary/aromatic N) is 3. The molecule has 4 unspecified atom stereocenters. The number of carbonyl (C=O) groups excluding carboxylic acids is 1. The molecule has 2 bridgehead atoms. The zero-order valence-corrected chi connectivity index (χ0v) is 10.3. The number of ether oxygens (including phenoxy) is 1. The Morgan fingerprint density at radius 1 is 1.56 bits per heavy atom. The summed E-state index contributed by atoms with van der Waals surface area (Å²) in [4.78, 5) is 14.5. The van der Waals surface area contributed by atoms with E-state index in [1.54, 1.807) is 0 Å². The zero-order valence-electron chi connectivity index (χ0n) is 10.3. The molecule has 1 spiro atoms. The molecule has 98 valence electrons. The summed E-state index contributed by atoms with van der Waals surface area (Å²) in [6.45, 7) is 1.30. The molecule has 3 fully saturated rings. The summed E-state index contributed by atoms with van der Waals surface area (Å²) in [5.74, 6) is 0.650. The Bertz CT molecular complexity index is 407. The minimum absolute atomic E-state index is 0.137. The highest BCUT2D eigenvalue weighted by Crippen LogP contribution is 2.51. The first-order valence-electron chi connectivity index (χ1n) is 6.68. The van der Waals surface area contributed by atoms with Gasteiger partial charge in [0.25, 0.3) is 0 Å². The summed E-state index contributed by atoms with van der Waals surface area (Å²) in [6.07, 6.45) is 4.78. The Morgan fingerprint density at radius 3 is 3.28 bits per heavy atom. The predicted molar refractivity (Wildman–Crippen MR) is 64.7 cm³/mol. The number of nitrogens with one attached hydrogen (secondary N) is 1. The number of hydrogen-bond donors (Lipinski definition) is 1. The number of fused-ring (bicyclic) bond motifs is 3. The molecule has 0 aromatic rings. The maximum absolute atomic E-state index is 11.7. The molecule has 3 aliphatic rings. The number of esters is 1. The summed E-state index contributed by atoms with van der Waals surface area (Å²) >= 11 is 0. The monoisotopic (exact) mass is 250 g/mol. The van der Waals surface area contributed by atoms with Gasteiger partial charge in [0, 0.05) is 16.4 Å². The lowest BCUT2D eigenvalue weighted by Gasteiger charge is -2.49. The van der Waals surface area contributed by atoms with Crippen LogP contribution in [0.2, 0.25) is 0 Å². The third-order valence-corrected chi connectivity index (χ3v) is 4.92. The molecular formula is C12H18N4O2. The van der Waals surface area contributed by atoms with Crippen molar-refractivity contribution in [1.29, 1.82) is 0 Å². The number of hydrogen-bond acceptors (Lipinski definition) is 4. The van der Waals surface area contributed by atoms with Gasteiger partial charge < -0.3 is 10.1 Å². The molecule has 2 aliphatic heterocycles. The van der Waals surface area contributed by atoms with Gasteiger partial charge in [0.05, 0.1) is 13.0 Å². The van der Waals surface area contributed by atoms with E-state index < -0.39 is 0 Å². The van der Waals surface area contributed by atoms with Crippen LogP contribution in [0.25, 0.3) is 10.4 Å². The van der Waals surface area contributed by atoms with E-state index in [1.807, 2.05) is 0 Å². The zero-order chi connectivity index (χ0) is 12.6. The second-order valence-corrected chi connectivity index (χ2v) is 5.74. The fourth-order valence-electron chi connectivity index (χ4n) is 3.97. The van der Waals surface area contributed by atoms with E-state index in [4.69, 9.17) is 10.3 Å². The Hall–Kier alpha value is -1.26. The first-order chi connectivity index (χ1) is 8.74. The van der Waals surface area contributed by atoms with E-state index in [2.05, 4.69) is 15.3 Å². The number of piperidine rings is 1. The number of rotatable bonds is 2. The molecule has 1 N–H and O–H groups in total. The van der Waals surface area contributed by atoms with Gasteiger partial charge in [-0.1, -0.05) is 5.11 Å². The SMILES string of the molecule is [N-]=[N+]=NCC1OC(=O)CC12CCC1CCNC2C1. The molecule has 4 atom stereocenters. The summed E-state index contributed by atoms with van der Waals surface area (Å²) in [7, 11) is 0. The average Bonchev–Trinajstić information content (AvgIpc) is 2.70. The van der Waals surface area contributed by atoms with Gasteiger partial charge in [-0.25, -0.2) is 0 Å². The van der Waals surface area contributed by atoms with Crippen LogP contribution in [0.5, 0.6) is 0 Å². The molecule has 0 amide bonds. The molecule has 0 aromatic carbocycles. The minimum atomic E-state index is -0.238. The Morgan fingerprint density at radius 2 is 2.44 bits per heavy atom. The summed E-state index contributed by atoms with van der Waals surface area (Å²) in [5.41, 5.74) is 8.32. The van der Waals surface area contributed by atoms with Crippen LogP contribution in [0, 0.1) is 11.3 Å². The largest absolute Gasteiger partial charge is 0.462 e. The van der Waals surface area contributed by atoms with Gasteiger partial charge >= 0.3 is 5.97 Å². The van der Waals surface area contributed by atoms with Gasteiger partial charge in [-0.2, -0.15) is 0 Å². The quantitative estimate of drug-likeness (QED) is 0.350. The molecule has 6 heteroatoms. The molecule has 18 heavy (non-hydrogen) atoms. The minimum Gasteiger partial charge on any atom is -0.462 e. The summed E-state index contributed by atoms with van der Waals surface area (Å²) in [5, 5.41) is 7.16. The Labute approximate surface area is 106 Å². The van der Waals surface area contributed by atoms with Gasteiger partial charge in [-0.05, 0) is 43.7 Å². The number of carbonyl (C=O) groups is 1. The van der Waals surface area contributed by atoms with Gasteiger partial charge in [-0.15, -0.1) is 0 Å². The Balaban J connectivity index is 1.85. The third kappa shape index (κ3) is 1.76. The van der Waals surface area contributed by atoms with E-state index >= 15 is 0 Å². The van der Waals surface area contributed by atoms with Crippen LogP contribution in [-0.2, 0) is 9.53 Å². The number of azide groups is 1. The third-order valence-electron chi connectivity index (χ3n) is 4.92. The van der Waals surface area contributed by atoms with Crippen molar-refractivity contribution in [2.45, 2.75) is 44.2 Å². The fraction of sp³-hybridized carbons (Fsp3) is 0.917. The van der Waals surface area contributed by atoms with Crippen molar-refractivity contribution in [3.05, 3.63) is 10.4 Å². The van der Waals surface area contributed by atoms with Gasteiger partial charge in [0.1, 0.15) is 6.10 Å². The van der Waals surface area contributed by atoms with Crippen LogP contribution < -0.4 is 5.32 Å². The molecule has 0 aromatic heterocycles. The van der Waals surface area contributed by atoms with Crippen LogP contribution in [-0.4, -0.2) is 31.2 Å². The van der Waals surface area contributed by atoms with Gasteiger partial charge in [0.2, 0.25) is 0 Å². The maximum atomic E-state index is 11.7. The van der Waals surface area contributed by atoms with Crippen molar-refractivity contribution < 1.29 is 9.53 Å².